The van der Waals surface area contributed by atoms with Gasteiger partial charge in [0.15, 0.2) is 0 Å². The molecule has 0 aromatic heterocycles. The lowest BCUT2D eigenvalue weighted by molar-refractivity contribution is 1.32. The van der Waals surface area contributed by atoms with Gasteiger partial charge in [-0.05, 0) is 25.0 Å². The van der Waals surface area contributed by atoms with Gasteiger partial charge in [-0.25, -0.2) is 0 Å². The lowest BCUT2D eigenvalue weighted by atomic mass is 10.0. The molecule has 0 saturated heterocycles. The van der Waals surface area contributed by atoms with Crippen molar-refractivity contribution in [3.8, 4) is 0 Å². The second-order valence-corrected chi connectivity index (χ2v) is 2.35. The molecule has 0 unspecified atom stereocenters. The fourth-order valence-corrected chi connectivity index (χ4v) is 0.766. The molecule has 0 amide bonds. The van der Waals surface area contributed by atoms with Gasteiger partial charge in [0.25, 0.3) is 0 Å². The van der Waals surface area contributed by atoms with Gasteiger partial charge in [0.2, 0.25) is 0 Å². The van der Waals surface area contributed by atoms with Crippen molar-refractivity contribution in [3.05, 3.63) is 48.6 Å². The topological polar surface area (TPSA) is 0 Å². The van der Waals surface area contributed by atoms with Crippen LogP contribution in [-0.4, -0.2) is 0 Å². The van der Waals surface area contributed by atoms with Gasteiger partial charge in [-0.3, -0.25) is 0 Å². The lowest BCUT2D eigenvalue weighted by Gasteiger charge is -2.02. The highest BCUT2D eigenvalue weighted by Crippen LogP contribution is 2.13. The Labute approximate surface area is 63.3 Å². The fraction of sp³-hybridized carbons (Fsp3) is 0.200. The van der Waals surface area contributed by atoms with Crippen LogP contribution in [0.5, 0.6) is 0 Å². The molecule has 0 aromatic rings. The zero-order valence-electron chi connectivity index (χ0n) is 6.78. The first-order valence-electron chi connectivity index (χ1n) is 3.25. The van der Waals surface area contributed by atoms with Gasteiger partial charge in [-0.2, -0.15) is 0 Å². The predicted molar refractivity (Wildman–Crippen MR) is 47.9 cm³/mol. The van der Waals surface area contributed by atoms with Gasteiger partial charge in [-0.15, -0.1) is 0 Å². The van der Waals surface area contributed by atoms with E-state index < -0.39 is 0 Å². The first-order chi connectivity index (χ1) is 4.63. The Morgan fingerprint density at radius 1 is 1.10 bits per heavy atom. The Morgan fingerprint density at radius 3 is 1.70 bits per heavy atom. The zero-order chi connectivity index (χ0) is 8.15. The largest absolute Gasteiger partial charge is 0.0985 e. The van der Waals surface area contributed by atoms with Crippen LogP contribution in [0, 0.1) is 0 Å². The minimum absolute atomic E-state index is 0.940. The number of hydrogen-bond acceptors (Lipinski definition) is 0. The molecular weight excluding hydrogens is 120 g/mol. The third-order valence-corrected chi connectivity index (χ3v) is 1.34. The molecule has 0 heteroatoms. The maximum absolute atomic E-state index is 3.82. The van der Waals surface area contributed by atoms with E-state index in [0.29, 0.717) is 0 Å². The summed E-state index contributed by atoms with van der Waals surface area (Å²) in [5.74, 6) is 0. The van der Waals surface area contributed by atoms with Crippen molar-refractivity contribution in [2.75, 3.05) is 0 Å². The van der Waals surface area contributed by atoms with E-state index in [1.165, 1.54) is 5.57 Å². The van der Waals surface area contributed by atoms with Crippen molar-refractivity contribution in [1.82, 2.24) is 0 Å². The van der Waals surface area contributed by atoms with E-state index >= 15 is 0 Å². The van der Waals surface area contributed by atoms with E-state index in [4.69, 9.17) is 0 Å². The summed E-state index contributed by atoms with van der Waals surface area (Å²) in [6.45, 7) is 15.2. The Balaban J connectivity index is 4.69. The minimum atomic E-state index is 0.940. The average molecular weight is 134 g/mol. The molecule has 0 fully saturated rings. The Morgan fingerprint density at radius 2 is 1.60 bits per heavy atom. The second-order valence-electron chi connectivity index (χ2n) is 2.35. The molecule has 0 N–H and O–H groups in total. The maximum Gasteiger partial charge on any atom is -0.0210 e. The van der Waals surface area contributed by atoms with Crippen LogP contribution in [0.3, 0.4) is 0 Å². The van der Waals surface area contributed by atoms with Gasteiger partial charge in [0.05, 0.1) is 0 Å². The van der Waals surface area contributed by atoms with Crippen molar-refractivity contribution in [3.63, 3.8) is 0 Å². The SMILES string of the molecule is C=CC(=C)C(C=C)=C(C)C. The third-order valence-electron chi connectivity index (χ3n) is 1.34. The Hall–Kier alpha value is -1.04. The first kappa shape index (κ1) is 8.96. The highest BCUT2D eigenvalue weighted by atomic mass is 14.0. The summed E-state index contributed by atoms with van der Waals surface area (Å²) < 4.78 is 0. The molecule has 0 heterocycles. The van der Waals surface area contributed by atoms with Gasteiger partial charge in [0, 0.05) is 0 Å². The summed E-state index contributed by atoms with van der Waals surface area (Å²) in [5, 5.41) is 0. The summed E-state index contributed by atoms with van der Waals surface area (Å²) in [6, 6.07) is 0. The van der Waals surface area contributed by atoms with Crippen molar-refractivity contribution in [1.29, 1.82) is 0 Å². The summed E-state index contributed by atoms with van der Waals surface area (Å²) in [4.78, 5) is 0. The van der Waals surface area contributed by atoms with E-state index in [1.807, 2.05) is 13.8 Å². The normalized spacial score (nSPS) is 8.20. The number of hydrogen-bond donors (Lipinski definition) is 0. The summed E-state index contributed by atoms with van der Waals surface area (Å²) in [7, 11) is 0. The van der Waals surface area contributed by atoms with Gasteiger partial charge < -0.3 is 0 Å². The minimum Gasteiger partial charge on any atom is -0.0985 e. The third kappa shape index (κ3) is 2.06. The Bertz CT molecular complexity index is 188. The number of allylic oxidation sites excluding steroid dienone is 5. The molecule has 0 spiro atoms. The fourth-order valence-electron chi connectivity index (χ4n) is 0.766. The van der Waals surface area contributed by atoms with Gasteiger partial charge >= 0.3 is 0 Å². The van der Waals surface area contributed by atoms with E-state index in [2.05, 4.69) is 19.7 Å². The van der Waals surface area contributed by atoms with Crippen molar-refractivity contribution in [2.24, 2.45) is 0 Å². The molecule has 54 valence electrons. The highest BCUT2D eigenvalue weighted by molar-refractivity contribution is 5.45. The van der Waals surface area contributed by atoms with Crippen molar-refractivity contribution < 1.29 is 0 Å². The Kier molecular flexibility index (Phi) is 3.48. The average Bonchev–Trinajstić information content (AvgIpc) is 1.88. The molecule has 0 nitrogen and oxygen atoms in total. The molecular formula is C10H14. The lowest BCUT2D eigenvalue weighted by Crippen LogP contribution is -1.82. The van der Waals surface area contributed by atoms with E-state index in [0.717, 1.165) is 11.1 Å². The molecule has 0 bridgehead atoms. The van der Waals surface area contributed by atoms with Crippen LogP contribution in [0.25, 0.3) is 0 Å². The summed E-state index contributed by atoms with van der Waals surface area (Å²) >= 11 is 0. The van der Waals surface area contributed by atoms with E-state index in [9.17, 15) is 0 Å². The van der Waals surface area contributed by atoms with Crippen LogP contribution in [0.4, 0.5) is 0 Å². The first-order valence-corrected chi connectivity index (χ1v) is 3.25. The second kappa shape index (κ2) is 3.89. The van der Waals surface area contributed by atoms with Crippen LogP contribution >= 0.6 is 0 Å². The molecule has 0 aliphatic rings. The standard InChI is InChI=1S/C10H14/c1-6-9(5)10(7-2)8(3)4/h6-7H,1-2,5H2,3-4H3. The molecule has 0 atom stereocenters. The molecule has 10 heavy (non-hydrogen) atoms. The van der Waals surface area contributed by atoms with Crippen molar-refractivity contribution >= 4 is 0 Å². The molecule has 0 radical (unpaired) electrons. The smallest absolute Gasteiger partial charge is 0.0210 e. The molecule has 0 aliphatic heterocycles. The van der Waals surface area contributed by atoms with Crippen LogP contribution in [0.15, 0.2) is 48.6 Å². The van der Waals surface area contributed by atoms with Crippen LogP contribution < -0.4 is 0 Å². The molecule has 0 aliphatic carbocycles. The number of rotatable bonds is 3. The van der Waals surface area contributed by atoms with Crippen LogP contribution in [-0.2, 0) is 0 Å². The quantitative estimate of drug-likeness (QED) is 0.520. The summed E-state index contributed by atoms with van der Waals surface area (Å²) in [6.07, 6.45) is 3.54. The maximum atomic E-state index is 3.82. The highest BCUT2D eigenvalue weighted by Gasteiger charge is 1.94. The van der Waals surface area contributed by atoms with E-state index in [1.54, 1.807) is 12.2 Å². The van der Waals surface area contributed by atoms with Gasteiger partial charge in [-0.1, -0.05) is 37.5 Å². The predicted octanol–water partition coefficient (Wildman–Crippen LogP) is 3.25. The van der Waals surface area contributed by atoms with Crippen LogP contribution in [0.1, 0.15) is 13.8 Å². The van der Waals surface area contributed by atoms with Crippen molar-refractivity contribution in [2.45, 2.75) is 13.8 Å². The zero-order valence-corrected chi connectivity index (χ0v) is 6.78. The molecule has 0 rings (SSSR count). The van der Waals surface area contributed by atoms with Crippen LogP contribution in [0.2, 0.25) is 0 Å². The van der Waals surface area contributed by atoms with Gasteiger partial charge in [0.1, 0.15) is 0 Å². The molecule has 0 aromatic carbocycles. The summed E-state index contributed by atoms with van der Waals surface area (Å²) in [5.41, 5.74) is 3.25. The van der Waals surface area contributed by atoms with E-state index in [-0.39, 0.29) is 0 Å². The molecule has 0 saturated carbocycles. The monoisotopic (exact) mass is 134 g/mol.